The van der Waals surface area contributed by atoms with Crippen LogP contribution in [0.5, 0.6) is 0 Å². The Hall–Kier alpha value is -1.92. The third kappa shape index (κ3) is 0.983. The predicted molar refractivity (Wildman–Crippen MR) is 48.7 cm³/mol. The SMILES string of the molecule is NNN1C(=O)c2ccc(N)cc2C1=O. The molecular weight excluding hydrogens is 184 g/mol. The smallest absolute Gasteiger partial charge is 0.277 e. The average Bonchev–Trinajstić information content (AvgIpc) is 2.39. The van der Waals surface area contributed by atoms with Crippen LogP contribution in [0.1, 0.15) is 20.7 Å². The van der Waals surface area contributed by atoms with Crippen molar-refractivity contribution in [3.05, 3.63) is 29.3 Å². The Morgan fingerprint density at radius 3 is 2.43 bits per heavy atom. The molecule has 6 nitrogen and oxygen atoms in total. The molecule has 1 aliphatic rings. The van der Waals surface area contributed by atoms with Crippen molar-refractivity contribution in [2.45, 2.75) is 0 Å². The fourth-order valence-electron chi connectivity index (χ4n) is 1.38. The van der Waals surface area contributed by atoms with Crippen LogP contribution in [0.3, 0.4) is 0 Å². The summed E-state index contributed by atoms with van der Waals surface area (Å²) < 4.78 is 0. The molecule has 0 aromatic heterocycles. The predicted octanol–water partition coefficient (Wildman–Crippen LogP) is -0.757. The molecule has 0 spiro atoms. The third-order valence-corrected chi connectivity index (χ3v) is 2.04. The minimum atomic E-state index is -0.486. The summed E-state index contributed by atoms with van der Waals surface area (Å²) in [5, 5.41) is 0.740. The van der Waals surface area contributed by atoms with Crippen LogP contribution in [-0.4, -0.2) is 16.8 Å². The molecule has 5 N–H and O–H groups in total. The second kappa shape index (κ2) is 2.79. The van der Waals surface area contributed by atoms with Crippen molar-refractivity contribution >= 4 is 17.5 Å². The van der Waals surface area contributed by atoms with Gasteiger partial charge in [-0.1, -0.05) is 0 Å². The zero-order chi connectivity index (χ0) is 10.3. The van der Waals surface area contributed by atoms with Gasteiger partial charge in [0.1, 0.15) is 0 Å². The number of fused-ring (bicyclic) bond motifs is 1. The van der Waals surface area contributed by atoms with Gasteiger partial charge in [-0.15, -0.1) is 0 Å². The monoisotopic (exact) mass is 192 g/mol. The summed E-state index contributed by atoms with van der Waals surface area (Å²) >= 11 is 0. The van der Waals surface area contributed by atoms with E-state index in [1.807, 2.05) is 5.53 Å². The van der Waals surface area contributed by atoms with Gasteiger partial charge in [-0.2, -0.15) is 10.5 Å². The number of imide groups is 1. The van der Waals surface area contributed by atoms with E-state index < -0.39 is 11.8 Å². The number of rotatable bonds is 1. The Bertz CT molecular complexity index is 429. The number of nitrogen functional groups attached to an aromatic ring is 1. The zero-order valence-corrected chi connectivity index (χ0v) is 7.15. The fourth-order valence-corrected chi connectivity index (χ4v) is 1.38. The number of nitrogens with zero attached hydrogens (tertiary/aromatic N) is 1. The molecule has 1 aliphatic heterocycles. The van der Waals surface area contributed by atoms with Crippen molar-refractivity contribution in [3.8, 4) is 0 Å². The zero-order valence-electron chi connectivity index (χ0n) is 7.15. The second-order valence-electron chi connectivity index (χ2n) is 2.88. The van der Waals surface area contributed by atoms with Gasteiger partial charge in [0.15, 0.2) is 0 Å². The molecule has 1 aromatic carbocycles. The lowest BCUT2D eigenvalue weighted by molar-refractivity contribution is 0.0568. The van der Waals surface area contributed by atoms with Gasteiger partial charge in [0.2, 0.25) is 0 Å². The molecule has 0 fully saturated rings. The van der Waals surface area contributed by atoms with Gasteiger partial charge in [-0.25, -0.2) is 0 Å². The number of nitrogens with one attached hydrogen (secondary N) is 1. The molecule has 72 valence electrons. The van der Waals surface area contributed by atoms with Crippen molar-refractivity contribution in [3.63, 3.8) is 0 Å². The van der Waals surface area contributed by atoms with Gasteiger partial charge in [0.25, 0.3) is 11.8 Å². The van der Waals surface area contributed by atoms with Crippen LogP contribution in [0.15, 0.2) is 18.2 Å². The third-order valence-electron chi connectivity index (χ3n) is 2.04. The normalized spacial score (nSPS) is 14.8. The highest BCUT2D eigenvalue weighted by Crippen LogP contribution is 2.22. The lowest BCUT2D eigenvalue weighted by Gasteiger charge is -2.09. The molecular formula is C8H8N4O2. The van der Waals surface area contributed by atoms with Gasteiger partial charge < -0.3 is 5.73 Å². The highest BCUT2D eigenvalue weighted by atomic mass is 16.2. The number of hydrogen-bond acceptors (Lipinski definition) is 5. The number of anilines is 1. The standard InChI is InChI=1S/C8H8N4O2/c9-4-1-2-5-6(3-4)8(14)12(11-10)7(5)13/h1-3,11H,9-10H2. The molecule has 0 unspecified atom stereocenters. The minimum absolute atomic E-state index is 0.271. The molecule has 1 heterocycles. The van der Waals surface area contributed by atoms with E-state index in [9.17, 15) is 9.59 Å². The van der Waals surface area contributed by atoms with Crippen LogP contribution in [0.4, 0.5) is 5.69 Å². The Kier molecular flexibility index (Phi) is 1.73. The number of carbonyl (C=O) groups excluding carboxylic acids is 2. The number of benzene rings is 1. The lowest BCUT2D eigenvalue weighted by Crippen LogP contribution is -2.46. The maximum atomic E-state index is 11.5. The van der Waals surface area contributed by atoms with Crippen LogP contribution in [-0.2, 0) is 0 Å². The Morgan fingerprint density at radius 1 is 1.14 bits per heavy atom. The summed E-state index contributed by atoms with van der Waals surface area (Å²) in [4.78, 5) is 23.0. The first-order chi connectivity index (χ1) is 6.65. The van der Waals surface area contributed by atoms with E-state index in [1.165, 1.54) is 12.1 Å². The summed E-state index contributed by atoms with van der Waals surface area (Å²) in [5.74, 6) is 4.08. The van der Waals surface area contributed by atoms with Crippen LogP contribution in [0.2, 0.25) is 0 Å². The van der Waals surface area contributed by atoms with Crippen molar-refractivity contribution in [2.75, 3.05) is 5.73 Å². The van der Waals surface area contributed by atoms with E-state index in [0.29, 0.717) is 11.3 Å². The molecule has 2 rings (SSSR count). The van der Waals surface area contributed by atoms with Gasteiger partial charge in [0, 0.05) is 5.69 Å². The topological polar surface area (TPSA) is 101 Å². The van der Waals surface area contributed by atoms with Crippen LogP contribution in [0, 0.1) is 0 Å². The van der Waals surface area contributed by atoms with E-state index in [-0.39, 0.29) is 5.56 Å². The Balaban J connectivity index is 2.58. The number of amides is 2. The number of nitrogens with two attached hydrogens (primary N) is 2. The van der Waals surface area contributed by atoms with E-state index in [2.05, 4.69) is 0 Å². The number of hydrogen-bond donors (Lipinski definition) is 3. The van der Waals surface area contributed by atoms with Crippen molar-refractivity contribution < 1.29 is 9.59 Å². The number of carbonyl (C=O) groups is 2. The summed E-state index contributed by atoms with van der Waals surface area (Å²) in [6, 6.07) is 4.51. The number of hydrazine groups is 2. The van der Waals surface area contributed by atoms with Crippen LogP contribution >= 0.6 is 0 Å². The Labute approximate surface area is 79.4 Å². The molecule has 14 heavy (non-hydrogen) atoms. The first kappa shape index (κ1) is 8.67. The van der Waals surface area contributed by atoms with Crippen molar-refractivity contribution in [2.24, 2.45) is 5.84 Å². The molecule has 0 radical (unpaired) electrons. The van der Waals surface area contributed by atoms with Gasteiger partial charge in [0.05, 0.1) is 11.1 Å². The summed E-state index contributed by atoms with van der Waals surface area (Å²) in [5.41, 5.74) is 8.53. The van der Waals surface area contributed by atoms with Gasteiger partial charge >= 0.3 is 0 Å². The molecule has 0 saturated carbocycles. The highest BCUT2D eigenvalue weighted by Gasteiger charge is 2.35. The maximum absolute atomic E-state index is 11.5. The quantitative estimate of drug-likeness (QED) is 0.235. The first-order valence-corrected chi connectivity index (χ1v) is 3.89. The largest absolute Gasteiger partial charge is 0.399 e. The molecule has 2 amide bonds. The summed E-state index contributed by atoms with van der Waals surface area (Å²) in [7, 11) is 0. The lowest BCUT2D eigenvalue weighted by atomic mass is 10.1. The second-order valence-corrected chi connectivity index (χ2v) is 2.88. The molecule has 0 atom stereocenters. The molecule has 1 aromatic rings. The first-order valence-electron chi connectivity index (χ1n) is 3.89. The van der Waals surface area contributed by atoms with Gasteiger partial charge in [-0.3, -0.25) is 15.4 Å². The van der Waals surface area contributed by atoms with Crippen molar-refractivity contribution in [1.29, 1.82) is 0 Å². The molecule has 0 bridgehead atoms. The molecule has 0 aliphatic carbocycles. The minimum Gasteiger partial charge on any atom is -0.399 e. The fraction of sp³-hybridized carbons (Fsp3) is 0. The maximum Gasteiger partial charge on any atom is 0.277 e. The van der Waals surface area contributed by atoms with E-state index in [0.717, 1.165) is 5.01 Å². The van der Waals surface area contributed by atoms with E-state index in [1.54, 1.807) is 6.07 Å². The molecule has 6 heteroatoms. The Morgan fingerprint density at radius 2 is 1.79 bits per heavy atom. The van der Waals surface area contributed by atoms with E-state index in [4.69, 9.17) is 11.6 Å². The van der Waals surface area contributed by atoms with Crippen LogP contribution < -0.4 is 17.1 Å². The van der Waals surface area contributed by atoms with E-state index >= 15 is 0 Å². The van der Waals surface area contributed by atoms with Crippen molar-refractivity contribution in [1.82, 2.24) is 10.5 Å². The summed E-state index contributed by atoms with van der Waals surface area (Å²) in [6.07, 6.45) is 0. The van der Waals surface area contributed by atoms with Gasteiger partial charge in [-0.05, 0) is 18.2 Å². The average molecular weight is 192 g/mol. The highest BCUT2D eigenvalue weighted by molar-refractivity contribution is 6.21. The summed E-state index contributed by atoms with van der Waals surface area (Å²) in [6.45, 7) is 0. The van der Waals surface area contributed by atoms with Crippen LogP contribution in [0.25, 0.3) is 0 Å². The molecule has 0 saturated heterocycles.